The van der Waals surface area contributed by atoms with Crippen molar-refractivity contribution in [2.75, 3.05) is 0 Å². The highest BCUT2D eigenvalue weighted by molar-refractivity contribution is 5.19. The molecule has 0 amide bonds. The van der Waals surface area contributed by atoms with E-state index in [0.29, 0.717) is 0 Å². The Labute approximate surface area is 96.2 Å². The summed E-state index contributed by atoms with van der Waals surface area (Å²) in [6, 6.07) is 0. The van der Waals surface area contributed by atoms with Crippen LogP contribution in [0.3, 0.4) is 0 Å². The zero-order valence-corrected chi connectivity index (χ0v) is 10.1. The number of aliphatic hydroxyl groups is 2. The second-order valence-electron chi connectivity index (χ2n) is 4.26. The zero-order chi connectivity index (χ0) is 13.0. The minimum absolute atomic E-state index is 0.399. The van der Waals surface area contributed by atoms with Crippen LogP contribution in [0.25, 0.3) is 0 Å². The fourth-order valence-corrected chi connectivity index (χ4v) is 0.941. The first-order chi connectivity index (χ1) is 7.04. The summed E-state index contributed by atoms with van der Waals surface area (Å²) >= 11 is 0. The monoisotopic (exact) mass is 226 g/mol. The molecular weight excluding hydrogens is 208 g/mol. The van der Waals surface area contributed by atoms with Gasteiger partial charge in [0, 0.05) is 0 Å². The SMILES string of the molecule is C=C(O)OC(C)(C)C#CC(C)(C)OC(=C)O. The normalized spacial score (nSPS) is 11.0. The molecule has 0 aromatic heterocycles. The maximum atomic E-state index is 8.89. The average molecular weight is 226 g/mol. The first-order valence-electron chi connectivity index (χ1n) is 4.72. The fraction of sp³-hybridized carbons (Fsp3) is 0.500. The van der Waals surface area contributed by atoms with Gasteiger partial charge < -0.3 is 19.7 Å². The number of rotatable bonds is 4. The maximum absolute atomic E-state index is 8.89. The summed E-state index contributed by atoms with van der Waals surface area (Å²) in [5.74, 6) is 4.73. The van der Waals surface area contributed by atoms with Gasteiger partial charge in [-0.05, 0) is 40.9 Å². The molecule has 16 heavy (non-hydrogen) atoms. The summed E-state index contributed by atoms with van der Waals surface area (Å²) in [4.78, 5) is 0. The first kappa shape index (κ1) is 14.2. The molecule has 0 aliphatic carbocycles. The van der Waals surface area contributed by atoms with Gasteiger partial charge in [-0.25, -0.2) is 0 Å². The Balaban J connectivity index is 4.69. The summed E-state index contributed by atoms with van der Waals surface area (Å²) in [6.07, 6.45) is 0. The Hall–Kier alpha value is -1.76. The molecule has 4 heteroatoms. The molecule has 0 aliphatic rings. The molecule has 0 fully saturated rings. The van der Waals surface area contributed by atoms with E-state index in [1.54, 1.807) is 27.7 Å². The van der Waals surface area contributed by atoms with Crippen LogP contribution in [0.5, 0.6) is 0 Å². The van der Waals surface area contributed by atoms with Crippen molar-refractivity contribution >= 4 is 0 Å². The predicted octanol–water partition coefficient (Wildman–Crippen LogP) is 2.64. The minimum atomic E-state index is -0.886. The molecule has 0 spiro atoms. The van der Waals surface area contributed by atoms with E-state index in [4.69, 9.17) is 19.7 Å². The van der Waals surface area contributed by atoms with Crippen molar-refractivity contribution in [1.29, 1.82) is 0 Å². The van der Waals surface area contributed by atoms with Gasteiger partial charge in [-0.2, -0.15) is 0 Å². The largest absolute Gasteiger partial charge is 0.481 e. The molecule has 0 saturated carbocycles. The Morgan fingerprint density at radius 2 is 1.12 bits per heavy atom. The van der Waals surface area contributed by atoms with Crippen LogP contribution in [0, 0.1) is 11.8 Å². The van der Waals surface area contributed by atoms with Crippen LogP contribution in [0.2, 0.25) is 0 Å². The van der Waals surface area contributed by atoms with Crippen molar-refractivity contribution in [2.24, 2.45) is 0 Å². The van der Waals surface area contributed by atoms with Crippen molar-refractivity contribution in [2.45, 2.75) is 38.9 Å². The second kappa shape index (κ2) is 4.84. The first-order valence-corrected chi connectivity index (χ1v) is 4.72. The Morgan fingerprint density at radius 3 is 1.31 bits per heavy atom. The van der Waals surface area contributed by atoms with Gasteiger partial charge in [-0.1, -0.05) is 11.8 Å². The number of ether oxygens (including phenoxy) is 2. The molecule has 4 nitrogen and oxygen atoms in total. The molecule has 0 bridgehead atoms. The lowest BCUT2D eigenvalue weighted by Gasteiger charge is -2.22. The minimum Gasteiger partial charge on any atom is -0.481 e. The summed E-state index contributed by atoms with van der Waals surface area (Å²) < 4.78 is 9.97. The van der Waals surface area contributed by atoms with E-state index in [2.05, 4.69) is 25.0 Å². The molecule has 0 heterocycles. The van der Waals surface area contributed by atoms with E-state index in [9.17, 15) is 0 Å². The van der Waals surface area contributed by atoms with Crippen LogP contribution in [0.1, 0.15) is 27.7 Å². The molecule has 0 atom stereocenters. The van der Waals surface area contributed by atoms with Crippen molar-refractivity contribution in [3.63, 3.8) is 0 Å². The van der Waals surface area contributed by atoms with E-state index >= 15 is 0 Å². The Morgan fingerprint density at radius 1 is 0.875 bits per heavy atom. The smallest absolute Gasteiger partial charge is 0.270 e. The van der Waals surface area contributed by atoms with Crippen molar-refractivity contribution in [1.82, 2.24) is 0 Å². The van der Waals surface area contributed by atoms with Gasteiger partial charge in [0.25, 0.3) is 11.9 Å². The summed E-state index contributed by atoms with van der Waals surface area (Å²) in [7, 11) is 0. The van der Waals surface area contributed by atoms with Crippen molar-refractivity contribution in [3.05, 3.63) is 25.0 Å². The summed E-state index contributed by atoms with van der Waals surface area (Å²) in [5, 5.41) is 17.8. The van der Waals surface area contributed by atoms with Gasteiger partial charge in [0.05, 0.1) is 0 Å². The predicted molar refractivity (Wildman–Crippen MR) is 61.6 cm³/mol. The molecule has 2 N–H and O–H groups in total. The van der Waals surface area contributed by atoms with Gasteiger partial charge in [-0.3, -0.25) is 0 Å². The van der Waals surface area contributed by atoms with Gasteiger partial charge in [-0.15, -0.1) is 0 Å². The lowest BCUT2D eigenvalue weighted by Crippen LogP contribution is -2.26. The third-order valence-corrected chi connectivity index (χ3v) is 1.41. The third kappa shape index (κ3) is 6.66. The average Bonchev–Trinajstić information content (AvgIpc) is 1.96. The standard InChI is InChI=1S/C12H18O4/c1-9(13)15-11(3,4)7-8-12(5,6)16-10(2)14/h13-14H,1-2H2,3-6H3. The van der Waals surface area contributed by atoms with Gasteiger partial charge in [0.15, 0.2) is 11.2 Å². The second-order valence-corrected chi connectivity index (χ2v) is 4.26. The molecule has 90 valence electrons. The van der Waals surface area contributed by atoms with Crippen LogP contribution in [-0.2, 0) is 9.47 Å². The lowest BCUT2D eigenvalue weighted by atomic mass is 10.1. The zero-order valence-electron chi connectivity index (χ0n) is 10.1. The lowest BCUT2D eigenvalue weighted by molar-refractivity contribution is 0.00451. The highest BCUT2D eigenvalue weighted by Crippen LogP contribution is 2.15. The summed E-state index contributed by atoms with van der Waals surface area (Å²) in [5.41, 5.74) is -1.77. The summed E-state index contributed by atoms with van der Waals surface area (Å²) in [6.45, 7) is 13.1. The van der Waals surface area contributed by atoms with Gasteiger partial charge in [0.2, 0.25) is 0 Å². The molecule has 0 aromatic rings. The highest BCUT2D eigenvalue weighted by Gasteiger charge is 2.21. The van der Waals surface area contributed by atoms with E-state index in [1.165, 1.54) is 0 Å². The molecular formula is C12H18O4. The Kier molecular flexibility index (Phi) is 4.31. The number of hydrogen-bond donors (Lipinski definition) is 2. The van der Waals surface area contributed by atoms with Crippen LogP contribution in [0.4, 0.5) is 0 Å². The maximum Gasteiger partial charge on any atom is 0.270 e. The molecule has 0 saturated heterocycles. The van der Waals surface area contributed by atoms with Gasteiger partial charge in [0.1, 0.15) is 0 Å². The van der Waals surface area contributed by atoms with E-state index < -0.39 is 23.1 Å². The number of aliphatic hydroxyl groups excluding tert-OH is 2. The van der Waals surface area contributed by atoms with Crippen molar-refractivity contribution < 1.29 is 19.7 Å². The molecule has 0 unspecified atom stereocenters. The quantitative estimate of drug-likeness (QED) is 0.571. The van der Waals surface area contributed by atoms with E-state index in [1.807, 2.05) is 0 Å². The van der Waals surface area contributed by atoms with Crippen LogP contribution in [-0.4, -0.2) is 21.4 Å². The highest BCUT2D eigenvalue weighted by atomic mass is 16.6. The molecule has 0 aliphatic heterocycles. The van der Waals surface area contributed by atoms with Crippen molar-refractivity contribution in [3.8, 4) is 11.8 Å². The molecule has 0 radical (unpaired) electrons. The van der Waals surface area contributed by atoms with Gasteiger partial charge >= 0.3 is 0 Å². The third-order valence-electron chi connectivity index (χ3n) is 1.41. The van der Waals surface area contributed by atoms with Crippen LogP contribution in [0.15, 0.2) is 25.0 Å². The topological polar surface area (TPSA) is 58.9 Å². The van der Waals surface area contributed by atoms with E-state index in [-0.39, 0.29) is 0 Å². The molecule has 0 rings (SSSR count). The van der Waals surface area contributed by atoms with E-state index in [0.717, 1.165) is 0 Å². The number of hydrogen-bond acceptors (Lipinski definition) is 4. The van der Waals surface area contributed by atoms with Crippen LogP contribution < -0.4 is 0 Å². The van der Waals surface area contributed by atoms with Crippen LogP contribution >= 0.6 is 0 Å². The Bertz CT molecular complexity index is 310. The molecule has 0 aromatic carbocycles. The fourth-order valence-electron chi connectivity index (χ4n) is 0.941.